The minimum atomic E-state index is -0.627. The molecule has 112 valence electrons. The number of imidazole rings is 1. The number of hydrogen-bond acceptors (Lipinski definition) is 2. The lowest BCUT2D eigenvalue weighted by molar-refractivity contribution is 0.512. The van der Waals surface area contributed by atoms with E-state index in [4.69, 9.17) is 5.73 Å². The Morgan fingerprint density at radius 2 is 1.90 bits per heavy atom. The molecule has 21 heavy (non-hydrogen) atoms. The minimum absolute atomic E-state index is 0.126. The molecule has 1 aromatic heterocycles. The van der Waals surface area contributed by atoms with Crippen LogP contribution in [0.5, 0.6) is 0 Å². The smallest absolute Gasteiger partial charge is 0.135 e. The maximum absolute atomic E-state index is 14.0. The first kappa shape index (κ1) is 14.0. The molecule has 3 nitrogen and oxygen atoms in total. The van der Waals surface area contributed by atoms with Gasteiger partial charge < -0.3 is 10.3 Å². The highest BCUT2D eigenvalue weighted by molar-refractivity contribution is 5.72. The number of nitrogen functional groups attached to an aromatic ring is 1. The van der Waals surface area contributed by atoms with E-state index < -0.39 is 11.6 Å². The maximum atomic E-state index is 14.0. The first-order valence-corrected chi connectivity index (χ1v) is 7.29. The number of nitrogens with two attached hydrogens (primary N) is 1. The predicted molar refractivity (Wildman–Crippen MR) is 78.8 cm³/mol. The summed E-state index contributed by atoms with van der Waals surface area (Å²) in [5, 5.41) is 0. The van der Waals surface area contributed by atoms with Crippen LogP contribution in [0.3, 0.4) is 0 Å². The van der Waals surface area contributed by atoms with Crippen molar-refractivity contribution in [3.8, 4) is 11.3 Å². The van der Waals surface area contributed by atoms with Crippen molar-refractivity contribution >= 4 is 5.82 Å². The topological polar surface area (TPSA) is 43.8 Å². The third-order valence-corrected chi connectivity index (χ3v) is 3.73. The average Bonchev–Trinajstić information content (AvgIpc) is 3.19. The van der Waals surface area contributed by atoms with Crippen molar-refractivity contribution in [2.75, 3.05) is 5.73 Å². The molecule has 0 bridgehead atoms. The molecular formula is C16H19F2N3. The SMILES string of the molecule is CC(C)Cn1c(C2CC2)nc(-c2c(F)cccc2F)c1N. The van der Waals surface area contributed by atoms with E-state index in [0.717, 1.165) is 18.7 Å². The van der Waals surface area contributed by atoms with Crippen LogP contribution in [0.15, 0.2) is 18.2 Å². The minimum Gasteiger partial charge on any atom is -0.383 e. The summed E-state index contributed by atoms with van der Waals surface area (Å²) in [7, 11) is 0. The van der Waals surface area contributed by atoms with Gasteiger partial charge in [-0.05, 0) is 30.9 Å². The van der Waals surface area contributed by atoms with Crippen LogP contribution in [0, 0.1) is 17.6 Å². The van der Waals surface area contributed by atoms with Gasteiger partial charge in [0, 0.05) is 12.5 Å². The summed E-state index contributed by atoms with van der Waals surface area (Å²) in [6.07, 6.45) is 2.13. The van der Waals surface area contributed by atoms with Crippen molar-refractivity contribution < 1.29 is 8.78 Å². The van der Waals surface area contributed by atoms with E-state index in [0.29, 0.717) is 24.2 Å². The van der Waals surface area contributed by atoms with Gasteiger partial charge in [0.15, 0.2) is 0 Å². The summed E-state index contributed by atoms with van der Waals surface area (Å²) >= 11 is 0. The van der Waals surface area contributed by atoms with Crippen LogP contribution in [-0.2, 0) is 6.54 Å². The molecule has 1 saturated carbocycles. The van der Waals surface area contributed by atoms with Gasteiger partial charge in [0.2, 0.25) is 0 Å². The Labute approximate surface area is 122 Å². The molecule has 0 radical (unpaired) electrons. The van der Waals surface area contributed by atoms with Crippen molar-refractivity contribution in [3.05, 3.63) is 35.7 Å². The highest BCUT2D eigenvalue weighted by Crippen LogP contribution is 2.43. The van der Waals surface area contributed by atoms with Crippen molar-refractivity contribution in [2.24, 2.45) is 5.92 Å². The Bertz CT molecular complexity index is 652. The second-order valence-electron chi connectivity index (χ2n) is 6.08. The summed E-state index contributed by atoms with van der Waals surface area (Å²) in [6.45, 7) is 4.87. The van der Waals surface area contributed by atoms with Crippen LogP contribution in [0.25, 0.3) is 11.3 Å². The number of nitrogens with zero attached hydrogens (tertiary/aromatic N) is 2. The summed E-state index contributed by atoms with van der Waals surface area (Å²) in [5.74, 6) is 0.719. The lowest BCUT2D eigenvalue weighted by Gasteiger charge is -2.12. The Hall–Kier alpha value is -1.91. The predicted octanol–water partition coefficient (Wildman–Crippen LogP) is 3.94. The monoisotopic (exact) mass is 291 g/mol. The molecule has 1 heterocycles. The van der Waals surface area contributed by atoms with Gasteiger partial charge in [-0.1, -0.05) is 19.9 Å². The van der Waals surface area contributed by atoms with Gasteiger partial charge in [-0.3, -0.25) is 0 Å². The second-order valence-corrected chi connectivity index (χ2v) is 6.08. The number of aromatic nitrogens is 2. The van der Waals surface area contributed by atoms with Gasteiger partial charge in [0.1, 0.15) is 29.0 Å². The molecule has 2 aromatic rings. The molecule has 2 N–H and O–H groups in total. The molecule has 5 heteroatoms. The third-order valence-electron chi connectivity index (χ3n) is 3.73. The van der Waals surface area contributed by atoms with Crippen LogP contribution in [0.2, 0.25) is 0 Å². The number of hydrogen-bond donors (Lipinski definition) is 1. The molecule has 0 aliphatic heterocycles. The third kappa shape index (κ3) is 2.52. The Morgan fingerprint density at radius 3 is 2.43 bits per heavy atom. The van der Waals surface area contributed by atoms with Gasteiger partial charge in [-0.2, -0.15) is 0 Å². The van der Waals surface area contributed by atoms with Crippen LogP contribution in [0.4, 0.5) is 14.6 Å². The Kier molecular flexibility index (Phi) is 3.43. The molecule has 1 fully saturated rings. The summed E-state index contributed by atoms with van der Waals surface area (Å²) in [5.41, 5.74) is 6.26. The van der Waals surface area contributed by atoms with E-state index >= 15 is 0 Å². The normalized spacial score (nSPS) is 14.9. The van der Waals surface area contributed by atoms with Crippen molar-refractivity contribution in [3.63, 3.8) is 0 Å². The molecule has 1 aliphatic carbocycles. The van der Waals surface area contributed by atoms with E-state index in [2.05, 4.69) is 18.8 Å². The molecule has 3 rings (SSSR count). The molecule has 0 spiro atoms. The molecule has 1 aliphatic rings. The van der Waals surface area contributed by atoms with E-state index in [1.165, 1.54) is 18.2 Å². The average molecular weight is 291 g/mol. The van der Waals surface area contributed by atoms with E-state index in [9.17, 15) is 8.78 Å². The fourth-order valence-electron chi connectivity index (χ4n) is 2.60. The maximum Gasteiger partial charge on any atom is 0.135 e. The molecule has 1 aromatic carbocycles. The molecular weight excluding hydrogens is 272 g/mol. The second kappa shape index (κ2) is 5.13. The van der Waals surface area contributed by atoms with Crippen molar-refractivity contribution in [1.29, 1.82) is 0 Å². The van der Waals surface area contributed by atoms with Gasteiger partial charge in [-0.15, -0.1) is 0 Å². The summed E-state index contributed by atoms with van der Waals surface area (Å²) in [4.78, 5) is 4.47. The quantitative estimate of drug-likeness (QED) is 0.927. The van der Waals surface area contributed by atoms with E-state index in [1.807, 2.05) is 4.57 Å². The molecule has 0 atom stereocenters. The Morgan fingerprint density at radius 1 is 1.29 bits per heavy atom. The lowest BCUT2D eigenvalue weighted by Crippen LogP contribution is -2.11. The van der Waals surface area contributed by atoms with Crippen molar-refractivity contribution in [2.45, 2.75) is 39.2 Å². The van der Waals surface area contributed by atoms with Crippen LogP contribution >= 0.6 is 0 Å². The standard InChI is InChI=1S/C16H19F2N3/c1-9(2)8-21-15(19)14(20-16(21)10-6-7-10)13-11(17)4-3-5-12(13)18/h3-5,9-10H,6-8,19H2,1-2H3. The number of halogens is 2. The summed E-state index contributed by atoms with van der Waals surface area (Å²) < 4.78 is 29.9. The zero-order valence-electron chi connectivity index (χ0n) is 12.2. The first-order chi connectivity index (χ1) is 9.99. The molecule has 0 amide bonds. The van der Waals surface area contributed by atoms with Gasteiger partial charge >= 0.3 is 0 Å². The van der Waals surface area contributed by atoms with Gasteiger partial charge in [0.25, 0.3) is 0 Å². The van der Waals surface area contributed by atoms with E-state index in [1.54, 1.807) is 0 Å². The summed E-state index contributed by atoms with van der Waals surface area (Å²) in [6, 6.07) is 3.81. The van der Waals surface area contributed by atoms with E-state index in [-0.39, 0.29) is 11.3 Å². The zero-order chi connectivity index (χ0) is 15.1. The first-order valence-electron chi connectivity index (χ1n) is 7.29. The highest BCUT2D eigenvalue weighted by atomic mass is 19.1. The van der Waals surface area contributed by atoms with Crippen LogP contribution < -0.4 is 5.73 Å². The van der Waals surface area contributed by atoms with Gasteiger partial charge in [-0.25, -0.2) is 13.8 Å². The fraction of sp³-hybridized carbons (Fsp3) is 0.438. The van der Waals surface area contributed by atoms with Crippen molar-refractivity contribution in [1.82, 2.24) is 9.55 Å². The zero-order valence-corrected chi connectivity index (χ0v) is 12.2. The van der Waals surface area contributed by atoms with Crippen LogP contribution in [-0.4, -0.2) is 9.55 Å². The largest absolute Gasteiger partial charge is 0.383 e. The van der Waals surface area contributed by atoms with Gasteiger partial charge in [0.05, 0.1) is 5.56 Å². The molecule has 0 saturated heterocycles. The number of rotatable bonds is 4. The number of benzene rings is 1. The number of anilines is 1. The Balaban J connectivity index is 2.15. The molecule has 0 unspecified atom stereocenters. The fourth-order valence-corrected chi connectivity index (χ4v) is 2.60. The lowest BCUT2D eigenvalue weighted by atomic mass is 10.1. The highest BCUT2D eigenvalue weighted by Gasteiger charge is 2.32. The van der Waals surface area contributed by atoms with Crippen LogP contribution in [0.1, 0.15) is 38.4 Å².